The van der Waals surface area contributed by atoms with Crippen molar-refractivity contribution in [1.82, 2.24) is 20.5 Å². The van der Waals surface area contributed by atoms with Crippen molar-refractivity contribution in [3.05, 3.63) is 30.0 Å². The number of ketones is 1. The van der Waals surface area contributed by atoms with Crippen LogP contribution in [0.1, 0.15) is 43.6 Å². The van der Waals surface area contributed by atoms with Gasteiger partial charge in [0.05, 0.1) is 13.2 Å². The molecule has 0 radical (unpaired) electrons. The smallest absolute Gasteiger partial charge is 0.270 e. The van der Waals surface area contributed by atoms with Gasteiger partial charge in [-0.2, -0.15) is 0 Å². The first-order valence-corrected chi connectivity index (χ1v) is 11.8. The van der Waals surface area contributed by atoms with E-state index in [1.54, 1.807) is 26.3 Å². The molecule has 1 saturated heterocycles. The van der Waals surface area contributed by atoms with E-state index < -0.39 is 36.3 Å². The average molecular weight is 487 g/mol. The quantitative estimate of drug-likeness (QED) is 0.377. The standard InChI is InChI=1S/C25H34N4O6/c1-14(2)10-20(24(33)28-18(21(31)13-30)11-15-8-9-26-23(15)32)29(3)25(34)19-12-16-17(27-19)6-5-7-22(16)35-4/h5-7,12,14-15,18,20,27,30H,8-11,13H2,1-4H3,(H,26,32)(H,28,33)/t15-,18-,20-/m0/s1. The molecule has 190 valence electrons. The highest BCUT2D eigenvalue weighted by molar-refractivity contribution is 6.02. The summed E-state index contributed by atoms with van der Waals surface area (Å²) >= 11 is 0. The van der Waals surface area contributed by atoms with Crippen molar-refractivity contribution in [3.63, 3.8) is 0 Å². The van der Waals surface area contributed by atoms with Gasteiger partial charge in [0, 0.05) is 30.4 Å². The summed E-state index contributed by atoms with van der Waals surface area (Å²) in [6.07, 6.45) is 1.02. The Balaban J connectivity index is 1.82. The first-order valence-electron chi connectivity index (χ1n) is 11.8. The number of nitrogens with one attached hydrogen (secondary N) is 3. The monoisotopic (exact) mass is 486 g/mol. The number of carbonyl (C=O) groups excluding carboxylic acids is 4. The predicted molar refractivity (Wildman–Crippen MR) is 130 cm³/mol. The molecule has 0 aliphatic carbocycles. The van der Waals surface area contributed by atoms with E-state index in [9.17, 15) is 24.3 Å². The number of amides is 3. The van der Waals surface area contributed by atoms with Crippen molar-refractivity contribution < 1.29 is 29.0 Å². The second kappa shape index (κ2) is 11.4. The Bertz CT molecular complexity index is 1090. The molecule has 1 aliphatic heterocycles. The molecule has 35 heavy (non-hydrogen) atoms. The molecule has 3 rings (SSSR count). The number of hydrogen-bond acceptors (Lipinski definition) is 6. The molecule has 0 saturated carbocycles. The van der Waals surface area contributed by atoms with Crippen LogP contribution in [0.25, 0.3) is 10.9 Å². The first kappa shape index (κ1) is 26.2. The van der Waals surface area contributed by atoms with Crippen LogP contribution in [0, 0.1) is 11.8 Å². The number of likely N-dealkylation sites (N-methyl/N-ethyl adjacent to an activating group) is 1. The molecule has 10 nitrogen and oxygen atoms in total. The highest BCUT2D eigenvalue weighted by Crippen LogP contribution is 2.27. The number of methoxy groups -OCH3 is 1. The van der Waals surface area contributed by atoms with Crippen molar-refractivity contribution >= 4 is 34.4 Å². The van der Waals surface area contributed by atoms with Crippen LogP contribution in [0.3, 0.4) is 0 Å². The zero-order valence-corrected chi connectivity index (χ0v) is 20.6. The molecule has 1 aromatic heterocycles. The van der Waals surface area contributed by atoms with E-state index in [4.69, 9.17) is 4.74 Å². The lowest BCUT2D eigenvalue weighted by molar-refractivity contribution is -0.133. The van der Waals surface area contributed by atoms with Crippen molar-refractivity contribution in [3.8, 4) is 5.75 Å². The van der Waals surface area contributed by atoms with E-state index in [0.717, 1.165) is 10.9 Å². The molecular formula is C25H34N4O6. The highest BCUT2D eigenvalue weighted by atomic mass is 16.5. The van der Waals surface area contributed by atoms with Crippen LogP contribution in [0.2, 0.25) is 0 Å². The van der Waals surface area contributed by atoms with Crippen LogP contribution in [0.15, 0.2) is 24.3 Å². The van der Waals surface area contributed by atoms with Crippen molar-refractivity contribution in [2.75, 3.05) is 27.3 Å². The largest absolute Gasteiger partial charge is 0.496 e. The number of aliphatic hydroxyl groups excluding tert-OH is 1. The van der Waals surface area contributed by atoms with Crippen LogP contribution in [-0.4, -0.2) is 77.9 Å². The van der Waals surface area contributed by atoms with Gasteiger partial charge in [-0.1, -0.05) is 19.9 Å². The third-order valence-electron chi connectivity index (χ3n) is 6.40. The third-order valence-corrected chi connectivity index (χ3v) is 6.40. The molecule has 4 N–H and O–H groups in total. The SMILES string of the molecule is COc1cccc2[nH]c(C(=O)N(C)[C@@H](CC(C)C)C(=O)N[C@@H](C[C@@H]3CCNC3=O)C(=O)CO)cc12. The van der Waals surface area contributed by atoms with E-state index in [-0.39, 0.29) is 24.2 Å². The van der Waals surface area contributed by atoms with Crippen LogP contribution < -0.4 is 15.4 Å². The van der Waals surface area contributed by atoms with E-state index in [1.165, 1.54) is 4.90 Å². The molecule has 2 heterocycles. The highest BCUT2D eigenvalue weighted by Gasteiger charge is 2.35. The number of benzene rings is 1. The number of aliphatic hydroxyl groups is 1. The second-order valence-electron chi connectivity index (χ2n) is 9.36. The van der Waals surface area contributed by atoms with Gasteiger partial charge in [0.1, 0.15) is 24.1 Å². The number of ether oxygens (including phenoxy) is 1. The summed E-state index contributed by atoms with van der Waals surface area (Å²) in [5, 5.41) is 15.6. The summed E-state index contributed by atoms with van der Waals surface area (Å²) in [4.78, 5) is 55.5. The van der Waals surface area contributed by atoms with Gasteiger partial charge < -0.3 is 30.4 Å². The Morgan fingerprint density at radius 2 is 2.03 bits per heavy atom. The number of Topliss-reactive ketones (excluding diaryl/α,β-unsaturated/α-hetero) is 1. The molecule has 3 amide bonds. The summed E-state index contributed by atoms with van der Waals surface area (Å²) in [6, 6.07) is 5.25. The fourth-order valence-corrected chi connectivity index (χ4v) is 4.44. The average Bonchev–Trinajstić information content (AvgIpc) is 3.46. The van der Waals surface area contributed by atoms with Gasteiger partial charge in [-0.3, -0.25) is 19.2 Å². The number of carbonyl (C=O) groups is 4. The maximum Gasteiger partial charge on any atom is 0.270 e. The molecule has 3 atom stereocenters. The van der Waals surface area contributed by atoms with Gasteiger partial charge in [-0.15, -0.1) is 0 Å². The Kier molecular flexibility index (Phi) is 8.50. The van der Waals surface area contributed by atoms with Crippen LogP contribution in [0.4, 0.5) is 0 Å². The normalized spacial score (nSPS) is 17.2. The van der Waals surface area contributed by atoms with Gasteiger partial charge >= 0.3 is 0 Å². The zero-order valence-electron chi connectivity index (χ0n) is 20.6. The molecule has 1 fully saturated rings. The van der Waals surface area contributed by atoms with E-state index in [0.29, 0.717) is 30.8 Å². The molecule has 0 spiro atoms. The second-order valence-corrected chi connectivity index (χ2v) is 9.36. The van der Waals surface area contributed by atoms with Crippen molar-refractivity contribution in [2.24, 2.45) is 11.8 Å². The summed E-state index contributed by atoms with van der Waals surface area (Å²) < 4.78 is 5.37. The first-order chi connectivity index (χ1) is 16.7. The summed E-state index contributed by atoms with van der Waals surface area (Å²) in [5.41, 5.74) is 1.04. The fraction of sp³-hybridized carbons (Fsp3) is 0.520. The molecule has 2 aromatic rings. The molecular weight excluding hydrogens is 452 g/mol. The van der Waals surface area contributed by atoms with Gasteiger partial charge in [-0.25, -0.2) is 0 Å². The minimum atomic E-state index is -1.02. The minimum absolute atomic E-state index is 0.0800. The van der Waals surface area contributed by atoms with Gasteiger partial charge in [0.25, 0.3) is 5.91 Å². The van der Waals surface area contributed by atoms with Gasteiger partial charge in [0.15, 0.2) is 5.78 Å². The van der Waals surface area contributed by atoms with Crippen molar-refractivity contribution in [2.45, 2.75) is 45.2 Å². The van der Waals surface area contributed by atoms with Gasteiger partial charge in [-0.05, 0) is 43.4 Å². The molecule has 1 aromatic carbocycles. The summed E-state index contributed by atoms with van der Waals surface area (Å²) in [6.45, 7) is 3.64. The summed E-state index contributed by atoms with van der Waals surface area (Å²) in [7, 11) is 3.10. The Labute approximate surface area is 204 Å². The Morgan fingerprint density at radius 1 is 1.29 bits per heavy atom. The number of H-pyrrole nitrogens is 1. The predicted octanol–water partition coefficient (Wildman–Crippen LogP) is 1.24. The van der Waals surface area contributed by atoms with Crippen LogP contribution in [-0.2, 0) is 14.4 Å². The van der Waals surface area contributed by atoms with E-state index >= 15 is 0 Å². The Morgan fingerprint density at radius 3 is 2.63 bits per heavy atom. The molecule has 1 aliphatic rings. The topological polar surface area (TPSA) is 141 Å². The maximum atomic E-state index is 13.4. The van der Waals surface area contributed by atoms with Gasteiger partial charge in [0.2, 0.25) is 11.8 Å². The molecule has 0 unspecified atom stereocenters. The number of rotatable bonds is 11. The number of fused-ring (bicyclic) bond motifs is 1. The number of aromatic nitrogens is 1. The third kappa shape index (κ3) is 6.00. The van der Waals surface area contributed by atoms with E-state index in [1.807, 2.05) is 26.0 Å². The lowest BCUT2D eigenvalue weighted by Gasteiger charge is -2.30. The fourth-order valence-electron chi connectivity index (χ4n) is 4.44. The molecule has 10 heteroatoms. The number of hydrogen-bond donors (Lipinski definition) is 4. The maximum absolute atomic E-state index is 13.4. The number of aromatic amines is 1. The minimum Gasteiger partial charge on any atom is -0.496 e. The lowest BCUT2D eigenvalue weighted by Crippen LogP contribution is -2.53. The Hall–Kier alpha value is -3.40. The van der Waals surface area contributed by atoms with Crippen molar-refractivity contribution in [1.29, 1.82) is 0 Å². The van der Waals surface area contributed by atoms with E-state index in [2.05, 4.69) is 15.6 Å². The van der Waals surface area contributed by atoms with Crippen LogP contribution in [0.5, 0.6) is 5.75 Å². The zero-order chi connectivity index (χ0) is 25.7. The lowest BCUT2D eigenvalue weighted by atomic mass is 9.95. The van der Waals surface area contributed by atoms with Crippen LogP contribution >= 0.6 is 0 Å². The molecule has 0 bridgehead atoms. The summed E-state index contributed by atoms with van der Waals surface area (Å²) in [5.74, 6) is -1.35. The number of nitrogens with zero attached hydrogens (tertiary/aromatic N) is 1.